The standard InChI is InChI=1S/C25H33N5O6/c1-25(2,36-24(26)35)9-3-4-10-28-11-13-29(14-12-28)16-5-6-17-18(15-16)23(34)30(22(17)33)19-7-8-20(31)27-21(19)32/h5-6,15,19H,3-4,7-14H2,1-2H3,(H2,26,35)(H,27,31,32). The third kappa shape index (κ3) is 5.51. The molecule has 0 aliphatic carbocycles. The van der Waals surface area contributed by atoms with Crippen LogP contribution in [0, 0.1) is 0 Å². The summed E-state index contributed by atoms with van der Waals surface area (Å²) in [6.45, 7) is 7.97. The number of carbonyl (C=O) groups excluding carboxylic acids is 5. The quantitative estimate of drug-likeness (QED) is 0.402. The topological polar surface area (TPSA) is 142 Å². The zero-order valence-electron chi connectivity index (χ0n) is 20.7. The Labute approximate surface area is 209 Å². The van der Waals surface area contributed by atoms with Gasteiger partial charge in [0, 0.05) is 38.3 Å². The van der Waals surface area contributed by atoms with Gasteiger partial charge in [0.15, 0.2) is 0 Å². The van der Waals surface area contributed by atoms with Crippen LogP contribution in [0.5, 0.6) is 0 Å². The second kappa shape index (κ2) is 10.3. The number of carbonyl (C=O) groups is 5. The number of imide groups is 2. The van der Waals surface area contributed by atoms with Crippen molar-refractivity contribution < 1.29 is 28.7 Å². The highest BCUT2D eigenvalue weighted by atomic mass is 16.6. The summed E-state index contributed by atoms with van der Waals surface area (Å²) in [4.78, 5) is 66.2. The average molecular weight is 500 g/mol. The molecule has 1 atom stereocenters. The summed E-state index contributed by atoms with van der Waals surface area (Å²) in [5.41, 5.74) is 6.00. The van der Waals surface area contributed by atoms with Crippen molar-refractivity contribution in [1.29, 1.82) is 0 Å². The van der Waals surface area contributed by atoms with Crippen LogP contribution in [0.2, 0.25) is 0 Å². The smallest absolute Gasteiger partial charge is 0.405 e. The van der Waals surface area contributed by atoms with Crippen molar-refractivity contribution in [2.45, 2.75) is 57.6 Å². The van der Waals surface area contributed by atoms with Crippen LogP contribution in [0.1, 0.15) is 66.7 Å². The van der Waals surface area contributed by atoms with Crippen LogP contribution in [0.4, 0.5) is 10.5 Å². The van der Waals surface area contributed by atoms with Gasteiger partial charge in [-0.05, 0) is 64.3 Å². The number of nitrogens with two attached hydrogens (primary N) is 1. The number of anilines is 1. The molecule has 2 saturated heterocycles. The van der Waals surface area contributed by atoms with Crippen LogP contribution >= 0.6 is 0 Å². The van der Waals surface area contributed by atoms with Gasteiger partial charge >= 0.3 is 6.09 Å². The summed E-state index contributed by atoms with van der Waals surface area (Å²) in [6.07, 6.45) is 2.13. The maximum atomic E-state index is 13.1. The van der Waals surface area contributed by atoms with E-state index in [1.54, 1.807) is 12.1 Å². The SMILES string of the molecule is CC(C)(CCCCN1CCN(c2ccc3c(c2)C(=O)N(C2CCC(=O)NC2=O)C3=O)CC1)OC(N)=O. The monoisotopic (exact) mass is 499 g/mol. The number of ether oxygens (including phenoxy) is 1. The largest absolute Gasteiger partial charge is 0.444 e. The number of fused-ring (bicyclic) bond motifs is 1. The number of piperazine rings is 1. The lowest BCUT2D eigenvalue weighted by atomic mass is 10.0. The number of piperidine rings is 1. The van der Waals surface area contributed by atoms with Gasteiger partial charge in [-0.2, -0.15) is 0 Å². The minimum Gasteiger partial charge on any atom is -0.444 e. The molecule has 0 saturated carbocycles. The third-order valence-corrected chi connectivity index (χ3v) is 7.04. The van der Waals surface area contributed by atoms with Gasteiger partial charge in [-0.15, -0.1) is 0 Å². The molecule has 0 aromatic heterocycles. The molecule has 3 heterocycles. The molecule has 11 nitrogen and oxygen atoms in total. The minimum atomic E-state index is -0.963. The molecule has 36 heavy (non-hydrogen) atoms. The zero-order valence-corrected chi connectivity index (χ0v) is 20.7. The molecular weight excluding hydrogens is 466 g/mol. The average Bonchev–Trinajstić information content (AvgIpc) is 3.06. The highest BCUT2D eigenvalue weighted by Gasteiger charge is 2.44. The highest BCUT2D eigenvalue weighted by Crippen LogP contribution is 2.31. The molecule has 11 heteroatoms. The van der Waals surface area contributed by atoms with E-state index in [0.717, 1.165) is 62.6 Å². The lowest BCUT2D eigenvalue weighted by molar-refractivity contribution is -0.136. The number of nitrogens with zero attached hydrogens (tertiary/aromatic N) is 3. The van der Waals surface area contributed by atoms with Gasteiger partial charge in [0.05, 0.1) is 11.1 Å². The Kier molecular flexibility index (Phi) is 7.30. The predicted molar refractivity (Wildman–Crippen MR) is 130 cm³/mol. The second-order valence-corrected chi connectivity index (χ2v) is 10.1. The first-order valence-corrected chi connectivity index (χ1v) is 12.4. The minimum absolute atomic E-state index is 0.0955. The Morgan fingerprint density at radius 3 is 2.42 bits per heavy atom. The molecule has 4 rings (SSSR count). The maximum Gasteiger partial charge on any atom is 0.405 e. The second-order valence-electron chi connectivity index (χ2n) is 10.1. The van der Waals surface area contributed by atoms with Gasteiger partial charge in [-0.25, -0.2) is 4.79 Å². The van der Waals surface area contributed by atoms with Crippen molar-refractivity contribution in [2.24, 2.45) is 5.73 Å². The van der Waals surface area contributed by atoms with Gasteiger partial charge < -0.3 is 15.4 Å². The molecule has 5 amide bonds. The fraction of sp³-hybridized carbons (Fsp3) is 0.560. The molecule has 1 aromatic rings. The molecule has 194 valence electrons. The van der Waals surface area contributed by atoms with E-state index >= 15 is 0 Å². The Balaban J connectivity index is 1.30. The molecule has 2 fully saturated rings. The number of hydrogen-bond acceptors (Lipinski definition) is 8. The Bertz CT molecular complexity index is 1080. The Morgan fingerprint density at radius 2 is 1.75 bits per heavy atom. The first-order chi connectivity index (χ1) is 17.1. The molecule has 0 bridgehead atoms. The fourth-order valence-electron chi connectivity index (χ4n) is 5.09. The van der Waals surface area contributed by atoms with E-state index in [-0.39, 0.29) is 18.4 Å². The van der Waals surface area contributed by atoms with E-state index < -0.39 is 41.4 Å². The van der Waals surface area contributed by atoms with Gasteiger partial charge in [-0.3, -0.25) is 34.3 Å². The lowest BCUT2D eigenvalue weighted by Gasteiger charge is -2.36. The van der Waals surface area contributed by atoms with E-state index in [1.165, 1.54) is 0 Å². The van der Waals surface area contributed by atoms with Crippen molar-refractivity contribution >= 4 is 35.4 Å². The van der Waals surface area contributed by atoms with E-state index in [9.17, 15) is 24.0 Å². The molecular formula is C25H33N5O6. The number of amides is 5. The van der Waals surface area contributed by atoms with Gasteiger partial charge in [-0.1, -0.05) is 0 Å². The molecule has 0 spiro atoms. The van der Waals surface area contributed by atoms with Crippen molar-refractivity contribution in [3.05, 3.63) is 29.3 Å². The third-order valence-electron chi connectivity index (χ3n) is 7.04. The van der Waals surface area contributed by atoms with Crippen LogP contribution in [0.3, 0.4) is 0 Å². The summed E-state index contributed by atoms with van der Waals surface area (Å²) in [7, 11) is 0. The highest BCUT2D eigenvalue weighted by molar-refractivity contribution is 6.23. The lowest BCUT2D eigenvalue weighted by Crippen LogP contribution is -2.54. The number of primary amides is 1. The Morgan fingerprint density at radius 1 is 1.06 bits per heavy atom. The van der Waals surface area contributed by atoms with Crippen LogP contribution in [-0.4, -0.2) is 83.9 Å². The normalized spacial score (nSPS) is 21.0. The van der Waals surface area contributed by atoms with Crippen LogP contribution in [0.25, 0.3) is 0 Å². The van der Waals surface area contributed by atoms with E-state index in [0.29, 0.717) is 5.56 Å². The molecule has 3 N–H and O–H groups in total. The van der Waals surface area contributed by atoms with Crippen LogP contribution in [0.15, 0.2) is 18.2 Å². The van der Waals surface area contributed by atoms with Gasteiger partial charge in [0.25, 0.3) is 11.8 Å². The zero-order chi connectivity index (χ0) is 26.0. The summed E-state index contributed by atoms with van der Waals surface area (Å²) >= 11 is 0. The first kappa shape index (κ1) is 25.6. The summed E-state index contributed by atoms with van der Waals surface area (Å²) in [6, 6.07) is 4.26. The van der Waals surface area contributed by atoms with Gasteiger partial charge in [0.2, 0.25) is 11.8 Å². The van der Waals surface area contributed by atoms with Crippen molar-refractivity contribution in [3.63, 3.8) is 0 Å². The molecule has 3 aliphatic heterocycles. The summed E-state index contributed by atoms with van der Waals surface area (Å²) < 4.78 is 5.13. The predicted octanol–water partition coefficient (Wildman–Crippen LogP) is 1.25. The van der Waals surface area contributed by atoms with E-state index in [2.05, 4.69) is 15.1 Å². The number of rotatable bonds is 8. The Hall–Kier alpha value is -3.47. The van der Waals surface area contributed by atoms with E-state index in [4.69, 9.17) is 10.5 Å². The van der Waals surface area contributed by atoms with Crippen LogP contribution < -0.4 is 16.0 Å². The molecule has 1 unspecified atom stereocenters. The fourth-order valence-corrected chi connectivity index (χ4v) is 5.09. The van der Waals surface area contributed by atoms with Crippen molar-refractivity contribution in [1.82, 2.24) is 15.1 Å². The first-order valence-electron chi connectivity index (χ1n) is 12.4. The van der Waals surface area contributed by atoms with Gasteiger partial charge in [0.1, 0.15) is 11.6 Å². The molecule has 3 aliphatic rings. The van der Waals surface area contributed by atoms with Crippen LogP contribution in [-0.2, 0) is 14.3 Å². The number of nitrogens with one attached hydrogen (secondary N) is 1. The maximum absolute atomic E-state index is 13.1. The number of benzene rings is 1. The number of hydrogen-bond donors (Lipinski definition) is 2. The summed E-state index contributed by atoms with van der Waals surface area (Å²) in [5, 5.41) is 2.21. The molecule has 0 radical (unpaired) electrons. The summed E-state index contributed by atoms with van der Waals surface area (Å²) in [5.74, 6) is -1.99. The molecule has 1 aromatic carbocycles. The van der Waals surface area contributed by atoms with E-state index in [1.807, 2.05) is 19.9 Å². The van der Waals surface area contributed by atoms with Crippen molar-refractivity contribution in [2.75, 3.05) is 37.6 Å². The number of unbranched alkanes of at least 4 members (excludes halogenated alkanes) is 1. The van der Waals surface area contributed by atoms with Crippen molar-refractivity contribution in [3.8, 4) is 0 Å².